The molecule has 0 bridgehead atoms. The average Bonchev–Trinajstić information content (AvgIpc) is 2.75. The van der Waals surface area contributed by atoms with Gasteiger partial charge >= 0.3 is 0 Å². The predicted octanol–water partition coefficient (Wildman–Crippen LogP) is 2.95. The van der Waals surface area contributed by atoms with Crippen molar-refractivity contribution in [2.75, 3.05) is 13.7 Å². The molecule has 0 spiro atoms. The summed E-state index contributed by atoms with van der Waals surface area (Å²) in [6.07, 6.45) is 4.03. The zero-order valence-corrected chi connectivity index (χ0v) is 11.7. The standard InChI is InChI=1S/C14H20ClNO2/c1-9-7-11-13(15)10(5-3-4-6-16)8-12(17-2)14(11)18-9/h8-9H,3-7,16H2,1-2H3. The summed E-state index contributed by atoms with van der Waals surface area (Å²) in [6, 6.07) is 2.00. The quantitative estimate of drug-likeness (QED) is 0.836. The number of ether oxygens (including phenoxy) is 2. The van der Waals surface area contributed by atoms with Crippen LogP contribution in [0.3, 0.4) is 0 Å². The molecule has 1 heterocycles. The van der Waals surface area contributed by atoms with Gasteiger partial charge < -0.3 is 15.2 Å². The number of methoxy groups -OCH3 is 1. The third-order valence-corrected chi connectivity index (χ3v) is 3.75. The van der Waals surface area contributed by atoms with Crippen molar-refractivity contribution in [3.63, 3.8) is 0 Å². The molecule has 2 rings (SSSR count). The van der Waals surface area contributed by atoms with Crippen LogP contribution in [-0.2, 0) is 12.8 Å². The van der Waals surface area contributed by atoms with E-state index in [0.717, 1.165) is 59.9 Å². The number of rotatable bonds is 5. The first-order valence-electron chi connectivity index (χ1n) is 6.42. The molecule has 3 nitrogen and oxygen atoms in total. The molecule has 1 aliphatic rings. The van der Waals surface area contributed by atoms with E-state index in [-0.39, 0.29) is 6.10 Å². The van der Waals surface area contributed by atoms with Crippen LogP contribution >= 0.6 is 11.6 Å². The van der Waals surface area contributed by atoms with E-state index in [0.29, 0.717) is 0 Å². The van der Waals surface area contributed by atoms with Crippen molar-refractivity contribution < 1.29 is 9.47 Å². The number of aryl methyl sites for hydroxylation is 1. The average molecular weight is 270 g/mol. The fourth-order valence-electron chi connectivity index (χ4n) is 2.36. The Morgan fingerprint density at radius 1 is 1.50 bits per heavy atom. The highest BCUT2D eigenvalue weighted by atomic mass is 35.5. The first kappa shape index (κ1) is 13.5. The van der Waals surface area contributed by atoms with Gasteiger partial charge in [0.1, 0.15) is 6.10 Å². The van der Waals surface area contributed by atoms with E-state index in [4.69, 9.17) is 26.8 Å². The largest absolute Gasteiger partial charge is 0.493 e. The van der Waals surface area contributed by atoms with Gasteiger partial charge in [-0.15, -0.1) is 0 Å². The van der Waals surface area contributed by atoms with Gasteiger partial charge in [-0.2, -0.15) is 0 Å². The lowest BCUT2D eigenvalue weighted by atomic mass is 10.0. The van der Waals surface area contributed by atoms with E-state index in [2.05, 4.69) is 0 Å². The van der Waals surface area contributed by atoms with E-state index in [9.17, 15) is 0 Å². The molecular formula is C14H20ClNO2. The smallest absolute Gasteiger partial charge is 0.166 e. The molecule has 0 saturated carbocycles. The second-order valence-electron chi connectivity index (χ2n) is 4.74. The van der Waals surface area contributed by atoms with E-state index in [1.807, 2.05) is 13.0 Å². The lowest BCUT2D eigenvalue weighted by Gasteiger charge is -2.12. The number of hydrogen-bond acceptors (Lipinski definition) is 3. The van der Waals surface area contributed by atoms with Crippen LogP contribution in [0.1, 0.15) is 30.9 Å². The molecule has 100 valence electrons. The first-order chi connectivity index (χ1) is 8.67. The highest BCUT2D eigenvalue weighted by molar-refractivity contribution is 6.32. The van der Waals surface area contributed by atoms with Crippen LogP contribution in [0.15, 0.2) is 6.07 Å². The van der Waals surface area contributed by atoms with Crippen LogP contribution < -0.4 is 15.2 Å². The van der Waals surface area contributed by atoms with Gasteiger partial charge in [0.25, 0.3) is 0 Å². The highest BCUT2D eigenvalue weighted by Crippen LogP contribution is 2.44. The molecule has 2 N–H and O–H groups in total. The molecule has 1 aromatic carbocycles. The van der Waals surface area contributed by atoms with Crippen LogP contribution in [0, 0.1) is 0 Å². The predicted molar refractivity (Wildman–Crippen MR) is 73.8 cm³/mol. The number of fused-ring (bicyclic) bond motifs is 1. The van der Waals surface area contributed by atoms with Gasteiger partial charge in [-0.1, -0.05) is 11.6 Å². The number of benzene rings is 1. The minimum atomic E-state index is 0.172. The highest BCUT2D eigenvalue weighted by Gasteiger charge is 2.27. The van der Waals surface area contributed by atoms with Gasteiger partial charge in [-0.25, -0.2) is 0 Å². The Balaban J connectivity index is 2.29. The Morgan fingerprint density at radius 3 is 2.94 bits per heavy atom. The molecule has 0 amide bonds. The fourth-order valence-corrected chi connectivity index (χ4v) is 2.68. The van der Waals surface area contributed by atoms with Crippen LogP contribution in [0.25, 0.3) is 0 Å². The monoisotopic (exact) mass is 269 g/mol. The van der Waals surface area contributed by atoms with Crippen LogP contribution in [0.4, 0.5) is 0 Å². The molecule has 0 aromatic heterocycles. The second kappa shape index (κ2) is 5.81. The summed E-state index contributed by atoms with van der Waals surface area (Å²) in [7, 11) is 1.67. The van der Waals surface area contributed by atoms with Gasteiger partial charge in [-0.05, 0) is 44.4 Å². The summed E-state index contributed by atoms with van der Waals surface area (Å²) in [5, 5.41) is 0.840. The maximum Gasteiger partial charge on any atom is 0.166 e. The van der Waals surface area contributed by atoms with Crippen molar-refractivity contribution in [2.45, 2.75) is 38.7 Å². The second-order valence-corrected chi connectivity index (χ2v) is 5.12. The Kier molecular flexibility index (Phi) is 4.36. The lowest BCUT2D eigenvalue weighted by molar-refractivity contribution is 0.243. The molecular weight excluding hydrogens is 250 g/mol. The molecule has 1 aliphatic heterocycles. The fraction of sp³-hybridized carbons (Fsp3) is 0.571. The van der Waals surface area contributed by atoms with Crippen molar-refractivity contribution in [3.8, 4) is 11.5 Å². The molecule has 1 aromatic rings. The topological polar surface area (TPSA) is 44.5 Å². The number of halogens is 1. The van der Waals surface area contributed by atoms with E-state index >= 15 is 0 Å². The van der Waals surface area contributed by atoms with Crippen LogP contribution in [0.5, 0.6) is 11.5 Å². The maximum absolute atomic E-state index is 6.46. The van der Waals surface area contributed by atoms with Crippen molar-refractivity contribution in [1.29, 1.82) is 0 Å². The summed E-state index contributed by atoms with van der Waals surface area (Å²) in [5.41, 5.74) is 7.74. The third kappa shape index (κ3) is 2.57. The molecule has 1 unspecified atom stereocenters. The molecule has 1 atom stereocenters. The summed E-state index contributed by atoms with van der Waals surface area (Å²) >= 11 is 6.46. The maximum atomic E-state index is 6.46. The molecule has 0 radical (unpaired) electrons. The zero-order valence-electron chi connectivity index (χ0n) is 11.0. The Hall–Kier alpha value is -0.930. The number of hydrogen-bond donors (Lipinski definition) is 1. The molecule has 4 heteroatoms. The molecule has 0 fully saturated rings. The van der Waals surface area contributed by atoms with Crippen molar-refractivity contribution >= 4 is 11.6 Å². The summed E-state index contributed by atoms with van der Waals surface area (Å²) in [6.45, 7) is 2.77. The van der Waals surface area contributed by atoms with Gasteiger partial charge in [-0.3, -0.25) is 0 Å². The number of nitrogens with two attached hydrogens (primary N) is 1. The SMILES string of the molecule is COc1cc(CCCCN)c(Cl)c2c1OC(C)C2. The Labute approximate surface area is 113 Å². The Bertz CT molecular complexity index is 434. The first-order valence-corrected chi connectivity index (χ1v) is 6.80. The summed E-state index contributed by atoms with van der Waals surface area (Å²) in [4.78, 5) is 0. The van der Waals surface area contributed by atoms with Crippen LogP contribution in [-0.4, -0.2) is 19.8 Å². The Morgan fingerprint density at radius 2 is 2.28 bits per heavy atom. The van der Waals surface area contributed by atoms with E-state index in [1.54, 1.807) is 7.11 Å². The zero-order chi connectivity index (χ0) is 13.1. The minimum absolute atomic E-state index is 0.172. The van der Waals surface area contributed by atoms with Crippen molar-refractivity contribution in [3.05, 3.63) is 22.2 Å². The van der Waals surface area contributed by atoms with Crippen molar-refractivity contribution in [1.82, 2.24) is 0 Å². The van der Waals surface area contributed by atoms with E-state index in [1.165, 1.54) is 0 Å². The van der Waals surface area contributed by atoms with E-state index < -0.39 is 0 Å². The van der Waals surface area contributed by atoms with Gasteiger partial charge in [0.2, 0.25) is 0 Å². The molecule has 0 saturated heterocycles. The van der Waals surface area contributed by atoms with Gasteiger partial charge in [0.05, 0.1) is 12.1 Å². The van der Waals surface area contributed by atoms with Gasteiger partial charge in [0, 0.05) is 12.0 Å². The summed E-state index contributed by atoms with van der Waals surface area (Å²) in [5.74, 6) is 1.61. The summed E-state index contributed by atoms with van der Waals surface area (Å²) < 4.78 is 11.2. The molecule has 18 heavy (non-hydrogen) atoms. The van der Waals surface area contributed by atoms with Crippen LogP contribution in [0.2, 0.25) is 5.02 Å². The molecule has 0 aliphatic carbocycles. The third-order valence-electron chi connectivity index (χ3n) is 3.28. The van der Waals surface area contributed by atoms with Gasteiger partial charge in [0.15, 0.2) is 11.5 Å². The lowest BCUT2D eigenvalue weighted by Crippen LogP contribution is -2.05. The normalized spacial score (nSPS) is 17.4. The number of unbranched alkanes of at least 4 members (excludes halogenated alkanes) is 1. The van der Waals surface area contributed by atoms with Crippen molar-refractivity contribution in [2.24, 2.45) is 5.73 Å². The minimum Gasteiger partial charge on any atom is -0.493 e.